The second kappa shape index (κ2) is 13.1. The first-order chi connectivity index (χ1) is 6.54. The lowest BCUT2D eigenvalue weighted by atomic mass is 10.2. The molecule has 1 aromatic rings. The minimum atomic E-state index is -0.750. The molecule has 0 aliphatic carbocycles. The summed E-state index contributed by atoms with van der Waals surface area (Å²) in [6.45, 7) is 4.01. The molecule has 0 atom stereocenters. The summed E-state index contributed by atoms with van der Waals surface area (Å²) in [5.41, 5.74) is 1.32. The van der Waals surface area contributed by atoms with Crippen molar-refractivity contribution in [2.75, 3.05) is 6.61 Å². The smallest absolute Gasteiger partial charge is 0.180 e. The summed E-state index contributed by atoms with van der Waals surface area (Å²) < 4.78 is -0.750. The van der Waals surface area contributed by atoms with Crippen LogP contribution in [0.5, 0.6) is 0 Å². The van der Waals surface area contributed by atoms with Crippen molar-refractivity contribution in [1.82, 2.24) is 0 Å². The highest BCUT2D eigenvalue weighted by Crippen LogP contribution is 2.03. The minimum absolute atomic E-state index is 0.250. The summed E-state index contributed by atoms with van der Waals surface area (Å²) in [7, 11) is 0. The van der Waals surface area contributed by atoms with E-state index in [1.165, 1.54) is 5.56 Å². The number of rotatable bonds is 0. The Balaban J connectivity index is 0. The molecule has 0 aromatic heterocycles. The van der Waals surface area contributed by atoms with Crippen LogP contribution in [0.1, 0.15) is 12.5 Å². The van der Waals surface area contributed by atoms with Crippen LogP contribution in [0, 0.1) is 6.92 Å². The molecule has 0 aliphatic rings. The highest BCUT2D eigenvalue weighted by molar-refractivity contribution is 6.63. The molecule has 0 saturated carbocycles. The Morgan fingerprint density at radius 3 is 1.57 bits per heavy atom. The van der Waals surface area contributed by atoms with Crippen molar-refractivity contribution in [3.63, 3.8) is 0 Å². The molecule has 0 radical (unpaired) electrons. The Bertz CT molecular complexity index is 187. The maximum atomic E-state index is 7.57. The fourth-order valence-corrected chi connectivity index (χ4v) is 0.534. The Morgan fingerprint density at radius 2 is 1.43 bits per heavy atom. The van der Waals surface area contributed by atoms with Crippen LogP contribution in [-0.2, 0) is 0 Å². The third-order valence-corrected chi connectivity index (χ3v) is 0.940. The lowest BCUT2D eigenvalue weighted by Gasteiger charge is -1.82. The number of benzene rings is 1. The van der Waals surface area contributed by atoms with Crippen LogP contribution in [0.2, 0.25) is 0 Å². The highest BCUT2D eigenvalue weighted by atomic mass is 35.6. The molecule has 82 valence electrons. The van der Waals surface area contributed by atoms with Crippen molar-refractivity contribution in [1.29, 1.82) is 0 Å². The zero-order chi connectivity index (χ0) is 11.4. The number of aryl methyl sites for hydroxylation is 1. The van der Waals surface area contributed by atoms with Gasteiger partial charge in [0.1, 0.15) is 0 Å². The average molecular weight is 258 g/mol. The zero-order valence-electron chi connectivity index (χ0n) is 8.25. The second-order valence-corrected chi connectivity index (χ2v) is 4.20. The zero-order valence-corrected chi connectivity index (χ0v) is 10.5. The molecule has 14 heavy (non-hydrogen) atoms. The first-order valence-electron chi connectivity index (χ1n) is 4.09. The third-order valence-electron chi connectivity index (χ3n) is 0.940. The predicted octanol–water partition coefficient (Wildman–Crippen LogP) is 3.98. The van der Waals surface area contributed by atoms with Crippen molar-refractivity contribution >= 4 is 34.8 Å². The number of hydrogen-bond acceptors (Lipinski definition) is 1. The van der Waals surface area contributed by atoms with E-state index < -0.39 is 4.30 Å². The topological polar surface area (TPSA) is 20.2 Å². The number of alkyl halides is 3. The van der Waals surface area contributed by atoms with Crippen molar-refractivity contribution in [3.05, 3.63) is 35.9 Å². The van der Waals surface area contributed by atoms with E-state index in [0.29, 0.717) is 0 Å². The van der Waals surface area contributed by atoms with E-state index in [1.807, 2.05) is 18.2 Å². The molecule has 1 aromatic carbocycles. The van der Waals surface area contributed by atoms with Crippen molar-refractivity contribution in [2.45, 2.75) is 18.1 Å². The molecule has 0 amide bonds. The Labute approximate surface area is 101 Å². The second-order valence-electron chi connectivity index (χ2n) is 2.22. The van der Waals surface area contributed by atoms with E-state index in [9.17, 15) is 0 Å². The molecule has 0 spiro atoms. The van der Waals surface area contributed by atoms with Crippen molar-refractivity contribution in [2.24, 2.45) is 0 Å². The van der Waals surface area contributed by atoms with E-state index in [-0.39, 0.29) is 6.61 Å². The van der Waals surface area contributed by atoms with Gasteiger partial charge in [0.25, 0.3) is 0 Å². The summed E-state index contributed by atoms with van der Waals surface area (Å²) in [6.07, 6.45) is 0. The molecule has 0 bridgehead atoms. The van der Waals surface area contributed by atoms with Gasteiger partial charge in [-0.1, -0.05) is 70.7 Å². The minimum Gasteiger partial charge on any atom is -0.397 e. The number of halogens is 3. The summed E-state index contributed by atoms with van der Waals surface area (Å²) >= 11 is 14.4. The molecule has 1 rings (SSSR count). The predicted molar refractivity (Wildman–Crippen MR) is 65.3 cm³/mol. The molecule has 1 nitrogen and oxygen atoms in total. The SMILES string of the molecule is CCO.Cc1ccccc1.ClC(Cl)Cl. The van der Waals surface area contributed by atoms with Gasteiger partial charge < -0.3 is 5.11 Å². The van der Waals surface area contributed by atoms with E-state index in [2.05, 4.69) is 19.1 Å². The van der Waals surface area contributed by atoms with Crippen molar-refractivity contribution < 1.29 is 5.11 Å². The summed E-state index contributed by atoms with van der Waals surface area (Å²) in [6, 6.07) is 10.3. The molecule has 0 heterocycles. The van der Waals surface area contributed by atoms with Gasteiger partial charge in [-0.3, -0.25) is 0 Å². The van der Waals surface area contributed by atoms with Crippen molar-refractivity contribution in [3.8, 4) is 0 Å². The Kier molecular flexibility index (Phi) is 15.4. The lowest BCUT2D eigenvalue weighted by molar-refractivity contribution is 0.318. The summed E-state index contributed by atoms with van der Waals surface area (Å²) in [4.78, 5) is 0. The van der Waals surface area contributed by atoms with Gasteiger partial charge in [0, 0.05) is 6.61 Å². The molecule has 0 fully saturated rings. The summed E-state index contributed by atoms with van der Waals surface area (Å²) in [5, 5.41) is 7.57. The van der Waals surface area contributed by atoms with Gasteiger partial charge >= 0.3 is 0 Å². The monoisotopic (exact) mass is 256 g/mol. The molecule has 0 aliphatic heterocycles. The van der Waals surface area contributed by atoms with Crippen LogP contribution in [-0.4, -0.2) is 16.0 Å². The van der Waals surface area contributed by atoms with Gasteiger partial charge in [-0.15, -0.1) is 0 Å². The Hall–Kier alpha value is 0.0500. The van der Waals surface area contributed by atoms with Crippen LogP contribution >= 0.6 is 34.8 Å². The average Bonchev–Trinajstić information content (AvgIpc) is 2.05. The van der Waals surface area contributed by atoms with Gasteiger partial charge in [-0.25, -0.2) is 0 Å². The van der Waals surface area contributed by atoms with Gasteiger partial charge in [0.05, 0.1) is 0 Å². The molecule has 1 N–H and O–H groups in total. The molecule has 0 saturated heterocycles. The van der Waals surface area contributed by atoms with E-state index >= 15 is 0 Å². The lowest BCUT2D eigenvalue weighted by Crippen LogP contribution is -1.62. The molecular weight excluding hydrogens is 242 g/mol. The third kappa shape index (κ3) is 22.7. The number of hydrogen-bond donors (Lipinski definition) is 1. The van der Waals surface area contributed by atoms with E-state index in [4.69, 9.17) is 39.9 Å². The van der Waals surface area contributed by atoms with Crippen LogP contribution in [0.25, 0.3) is 0 Å². The molecule has 4 heteroatoms. The molecule has 0 unspecified atom stereocenters. The first-order valence-corrected chi connectivity index (χ1v) is 5.40. The fraction of sp³-hybridized carbons (Fsp3) is 0.400. The normalized spacial score (nSPS) is 8.21. The van der Waals surface area contributed by atoms with E-state index in [1.54, 1.807) is 6.92 Å². The van der Waals surface area contributed by atoms with Crippen LogP contribution < -0.4 is 0 Å². The number of aliphatic hydroxyl groups excluding tert-OH is 1. The van der Waals surface area contributed by atoms with Gasteiger partial charge in [0.2, 0.25) is 0 Å². The Morgan fingerprint density at radius 1 is 1.14 bits per heavy atom. The highest BCUT2D eigenvalue weighted by Gasteiger charge is 1.78. The van der Waals surface area contributed by atoms with Crippen LogP contribution in [0.3, 0.4) is 0 Å². The van der Waals surface area contributed by atoms with Crippen LogP contribution in [0.4, 0.5) is 0 Å². The van der Waals surface area contributed by atoms with Gasteiger partial charge in [-0.05, 0) is 13.8 Å². The van der Waals surface area contributed by atoms with Gasteiger partial charge in [0.15, 0.2) is 4.30 Å². The summed E-state index contributed by atoms with van der Waals surface area (Å²) in [5.74, 6) is 0. The van der Waals surface area contributed by atoms with Crippen LogP contribution in [0.15, 0.2) is 30.3 Å². The maximum Gasteiger partial charge on any atom is 0.180 e. The maximum absolute atomic E-state index is 7.57. The largest absolute Gasteiger partial charge is 0.397 e. The fourth-order valence-electron chi connectivity index (χ4n) is 0.534. The first kappa shape index (κ1) is 16.5. The molecular formula is C10H15Cl3O. The number of aliphatic hydroxyl groups is 1. The van der Waals surface area contributed by atoms with E-state index in [0.717, 1.165) is 0 Å². The standard InChI is InChI=1S/C7H8.C2H6O.CHCl3/c1-7-5-3-2-4-6-7;1-2-3;2-1(3)4/h2-6H,1H3;3H,2H2,1H3;1H. The quantitative estimate of drug-likeness (QED) is 0.697. The van der Waals surface area contributed by atoms with Gasteiger partial charge in [-0.2, -0.15) is 0 Å².